The second-order valence-corrected chi connectivity index (χ2v) is 7.07. The number of nitrogens with one attached hydrogen (secondary N) is 1. The molecule has 1 aromatic heterocycles. The van der Waals surface area contributed by atoms with Crippen molar-refractivity contribution in [2.45, 2.75) is 19.8 Å². The number of hydrogen-bond acceptors (Lipinski definition) is 5. The molecule has 0 aliphatic rings. The van der Waals surface area contributed by atoms with E-state index in [0.29, 0.717) is 16.6 Å². The standard InChI is InChI=1S/C19H17N3O3S/c1-12(2)15-7-4-8-16-18(15)21-19(26-16)20-17(23)10-9-13-5-3-6-14(11-13)22(24)25/h3-12H,1-2H3,(H,20,21,23)/b10-9+. The highest BCUT2D eigenvalue weighted by atomic mass is 32.1. The van der Waals surface area contributed by atoms with E-state index in [1.165, 1.54) is 35.6 Å². The average molecular weight is 367 g/mol. The van der Waals surface area contributed by atoms with Gasteiger partial charge in [-0.2, -0.15) is 0 Å². The average Bonchev–Trinajstić information content (AvgIpc) is 3.02. The molecule has 0 saturated heterocycles. The molecule has 3 aromatic rings. The Morgan fingerprint density at radius 3 is 2.77 bits per heavy atom. The lowest BCUT2D eigenvalue weighted by molar-refractivity contribution is -0.384. The van der Waals surface area contributed by atoms with Crippen LogP contribution in [0, 0.1) is 10.1 Å². The summed E-state index contributed by atoms with van der Waals surface area (Å²) in [5.74, 6) is 0.0137. The Balaban J connectivity index is 1.76. The number of aromatic nitrogens is 1. The maximum absolute atomic E-state index is 12.1. The van der Waals surface area contributed by atoms with Gasteiger partial charge in [0.25, 0.3) is 5.69 Å². The second kappa shape index (κ2) is 7.45. The Hall–Kier alpha value is -3.06. The molecule has 2 aromatic carbocycles. The van der Waals surface area contributed by atoms with Crippen LogP contribution in [0.15, 0.2) is 48.5 Å². The fraction of sp³-hybridized carbons (Fsp3) is 0.158. The van der Waals surface area contributed by atoms with Crippen LogP contribution in [0.4, 0.5) is 10.8 Å². The summed E-state index contributed by atoms with van der Waals surface area (Å²) in [4.78, 5) is 27.0. The first-order valence-electron chi connectivity index (χ1n) is 8.07. The highest BCUT2D eigenvalue weighted by molar-refractivity contribution is 7.22. The van der Waals surface area contributed by atoms with Crippen LogP contribution < -0.4 is 5.32 Å². The summed E-state index contributed by atoms with van der Waals surface area (Å²) in [6, 6.07) is 12.1. The van der Waals surface area contributed by atoms with Crippen molar-refractivity contribution in [3.8, 4) is 0 Å². The minimum atomic E-state index is -0.467. The van der Waals surface area contributed by atoms with Crippen molar-refractivity contribution in [1.82, 2.24) is 4.98 Å². The summed E-state index contributed by atoms with van der Waals surface area (Å²) >= 11 is 1.42. The first-order valence-corrected chi connectivity index (χ1v) is 8.88. The molecule has 0 saturated carbocycles. The number of benzene rings is 2. The van der Waals surface area contributed by atoms with E-state index < -0.39 is 4.92 Å². The second-order valence-electron chi connectivity index (χ2n) is 6.04. The summed E-state index contributed by atoms with van der Waals surface area (Å²) in [5, 5.41) is 14.1. The number of hydrogen-bond donors (Lipinski definition) is 1. The molecule has 0 radical (unpaired) electrons. The Bertz CT molecular complexity index is 1010. The molecule has 0 aliphatic carbocycles. The third-order valence-corrected chi connectivity index (χ3v) is 4.75. The van der Waals surface area contributed by atoms with E-state index in [0.717, 1.165) is 15.8 Å². The lowest BCUT2D eigenvalue weighted by atomic mass is 10.0. The first-order chi connectivity index (χ1) is 12.4. The van der Waals surface area contributed by atoms with Gasteiger partial charge in [0.2, 0.25) is 5.91 Å². The number of anilines is 1. The molecule has 0 unspecified atom stereocenters. The number of nitro groups is 1. The summed E-state index contributed by atoms with van der Waals surface area (Å²) in [5.41, 5.74) is 2.62. The van der Waals surface area contributed by atoms with Crippen molar-refractivity contribution >= 4 is 44.4 Å². The lowest BCUT2D eigenvalue weighted by Crippen LogP contribution is -2.07. The molecule has 132 valence electrons. The molecule has 3 rings (SSSR count). The predicted molar refractivity (Wildman–Crippen MR) is 104 cm³/mol. The molecule has 1 amide bonds. The Morgan fingerprint density at radius 2 is 2.04 bits per heavy atom. The fourth-order valence-corrected chi connectivity index (χ4v) is 3.45. The molecule has 0 atom stereocenters. The predicted octanol–water partition coefficient (Wildman–Crippen LogP) is 4.98. The van der Waals surface area contributed by atoms with Crippen molar-refractivity contribution in [2.75, 3.05) is 5.32 Å². The van der Waals surface area contributed by atoms with E-state index >= 15 is 0 Å². The number of rotatable bonds is 5. The van der Waals surface area contributed by atoms with Gasteiger partial charge in [-0.1, -0.05) is 49.4 Å². The molecule has 1 heterocycles. The lowest BCUT2D eigenvalue weighted by Gasteiger charge is -2.04. The molecule has 0 fully saturated rings. The molecule has 0 aliphatic heterocycles. The molecule has 0 bridgehead atoms. The first kappa shape index (κ1) is 17.8. The van der Waals surface area contributed by atoms with E-state index in [4.69, 9.17) is 0 Å². The maximum atomic E-state index is 12.1. The number of nitro benzene ring substituents is 1. The van der Waals surface area contributed by atoms with Gasteiger partial charge in [0.05, 0.1) is 15.1 Å². The van der Waals surface area contributed by atoms with Crippen molar-refractivity contribution in [3.63, 3.8) is 0 Å². The zero-order chi connectivity index (χ0) is 18.7. The van der Waals surface area contributed by atoms with Crippen LogP contribution in [0.3, 0.4) is 0 Å². The van der Waals surface area contributed by atoms with Crippen molar-refractivity contribution in [2.24, 2.45) is 0 Å². The van der Waals surface area contributed by atoms with Gasteiger partial charge in [0.15, 0.2) is 5.13 Å². The molecular weight excluding hydrogens is 350 g/mol. The van der Waals surface area contributed by atoms with Crippen molar-refractivity contribution in [3.05, 3.63) is 69.8 Å². The molecule has 26 heavy (non-hydrogen) atoms. The smallest absolute Gasteiger partial charge is 0.270 e. The van der Waals surface area contributed by atoms with E-state index in [9.17, 15) is 14.9 Å². The number of carbonyl (C=O) groups excluding carboxylic acids is 1. The van der Waals surface area contributed by atoms with Crippen LogP contribution in [-0.4, -0.2) is 15.8 Å². The third kappa shape index (κ3) is 3.94. The Kier molecular flexibility index (Phi) is 5.09. The fourth-order valence-electron chi connectivity index (χ4n) is 2.55. The minimum Gasteiger partial charge on any atom is -0.298 e. The Morgan fingerprint density at radius 1 is 1.27 bits per heavy atom. The summed E-state index contributed by atoms with van der Waals surface area (Å²) < 4.78 is 1.02. The van der Waals surface area contributed by atoms with E-state index in [1.54, 1.807) is 12.1 Å². The SMILES string of the molecule is CC(C)c1cccc2sc(NC(=O)/C=C/c3cccc([N+](=O)[O-])c3)nc12. The number of amides is 1. The highest BCUT2D eigenvalue weighted by Crippen LogP contribution is 2.31. The zero-order valence-electron chi connectivity index (χ0n) is 14.3. The largest absolute Gasteiger partial charge is 0.298 e. The van der Waals surface area contributed by atoms with Crippen LogP contribution in [0.25, 0.3) is 16.3 Å². The van der Waals surface area contributed by atoms with Gasteiger partial charge in [0.1, 0.15) is 0 Å². The maximum Gasteiger partial charge on any atom is 0.270 e. The number of nitrogens with zero attached hydrogens (tertiary/aromatic N) is 2. The van der Waals surface area contributed by atoms with Gasteiger partial charge in [0, 0.05) is 18.2 Å². The summed E-state index contributed by atoms with van der Waals surface area (Å²) in [7, 11) is 0. The van der Waals surface area contributed by atoms with Crippen molar-refractivity contribution in [1.29, 1.82) is 0 Å². The minimum absolute atomic E-state index is 0.0139. The number of thiazole rings is 1. The quantitative estimate of drug-likeness (QED) is 0.391. The van der Waals surface area contributed by atoms with Gasteiger partial charge in [-0.15, -0.1) is 0 Å². The topological polar surface area (TPSA) is 85.1 Å². The van der Waals surface area contributed by atoms with E-state index in [2.05, 4.69) is 24.1 Å². The molecular formula is C19H17N3O3S. The van der Waals surface area contributed by atoms with Gasteiger partial charge >= 0.3 is 0 Å². The number of fused-ring (bicyclic) bond motifs is 1. The van der Waals surface area contributed by atoms with Gasteiger partial charge in [-0.05, 0) is 29.2 Å². The van der Waals surface area contributed by atoms with Gasteiger partial charge in [-0.25, -0.2) is 4.98 Å². The number of carbonyl (C=O) groups is 1. The van der Waals surface area contributed by atoms with Crippen LogP contribution in [0.5, 0.6) is 0 Å². The van der Waals surface area contributed by atoms with Gasteiger partial charge in [-0.3, -0.25) is 20.2 Å². The number of para-hydroxylation sites is 1. The monoisotopic (exact) mass is 367 g/mol. The van der Waals surface area contributed by atoms with Gasteiger partial charge < -0.3 is 0 Å². The highest BCUT2D eigenvalue weighted by Gasteiger charge is 2.11. The van der Waals surface area contributed by atoms with Crippen LogP contribution in [0.1, 0.15) is 30.9 Å². The van der Waals surface area contributed by atoms with Crippen LogP contribution in [0.2, 0.25) is 0 Å². The van der Waals surface area contributed by atoms with Crippen molar-refractivity contribution < 1.29 is 9.72 Å². The number of non-ortho nitro benzene ring substituents is 1. The normalized spacial score (nSPS) is 11.3. The molecule has 0 spiro atoms. The van der Waals surface area contributed by atoms with Crippen LogP contribution in [-0.2, 0) is 4.79 Å². The molecule has 1 N–H and O–H groups in total. The van der Waals surface area contributed by atoms with E-state index in [-0.39, 0.29) is 11.6 Å². The zero-order valence-corrected chi connectivity index (χ0v) is 15.1. The molecule has 6 nitrogen and oxygen atoms in total. The summed E-state index contributed by atoms with van der Waals surface area (Å²) in [6.07, 6.45) is 2.88. The Labute approximate surface area is 154 Å². The molecule has 7 heteroatoms. The third-order valence-electron chi connectivity index (χ3n) is 3.81. The van der Waals surface area contributed by atoms with Crippen LogP contribution >= 0.6 is 11.3 Å². The summed E-state index contributed by atoms with van der Waals surface area (Å²) in [6.45, 7) is 4.21. The van der Waals surface area contributed by atoms with E-state index in [1.807, 2.05) is 18.2 Å².